The summed E-state index contributed by atoms with van der Waals surface area (Å²) in [5, 5.41) is 11.0. The van der Waals surface area contributed by atoms with Gasteiger partial charge in [0, 0.05) is 21.8 Å². The van der Waals surface area contributed by atoms with E-state index in [-0.39, 0.29) is 6.04 Å². The fourth-order valence-electron chi connectivity index (χ4n) is 2.16. The second kappa shape index (κ2) is 6.10. The third kappa shape index (κ3) is 3.13. The topological polar surface area (TPSA) is 51.0 Å². The Morgan fingerprint density at radius 3 is 2.52 bits per heavy atom. The fraction of sp³-hybridized carbons (Fsp3) is 0.125. The predicted octanol–water partition coefficient (Wildman–Crippen LogP) is 4.67. The summed E-state index contributed by atoms with van der Waals surface area (Å²) in [5.41, 5.74) is 3.17. The molecule has 3 aromatic rings. The van der Waals surface area contributed by atoms with E-state index in [1.165, 1.54) is 12.0 Å². The maximum atomic E-state index is 5.18. The Labute approximate surface area is 131 Å². The summed E-state index contributed by atoms with van der Waals surface area (Å²) in [5.74, 6) is 0.528. The molecule has 1 heterocycles. The first-order valence-electron chi connectivity index (χ1n) is 6.61. The molecule has 0 saturated heterocycles. The molecular weight excluding hydrogens is 330 g/mol. The average molecular weight is 344 g/mol. The summed E-state index contributed by atoms with van der Waals surface area (Å²) in [4.78, 5) is 0. The van der Waals surface area contributed by atoms with Crippen LogP contribution in [-0.2, 0) is 0 Å². The van der Waals surface area contributed by atoms with Gasteiger partial charge in [-0.05, 0) is 42.8 Å². The Balaban J connectivity index is 1.75. The first kappa shape index (κ1) is 13.8. The minimum Gasteiger partial charge on any atom is -0.423 e. The van der Waals surface area contributed by atoms with Crippen LogP contribution in [-0.4, -0.2) is 10.2 Å². The molecule has 0 saturated carbocycles. The van der Waals surface area contributed by atoms with Gasteiger partial charge in [0.2, 0.25) is 12.3 Å². The maximum Gasteiger partial charge on any atom is 0.247 e. The highest BCUT2D eigenvalue weighted by molar-refractivity contribution is 9.10. The van der Waals surface area contributed by atoms with Gasteiger partial charge in [0.1, 0.15) is 0 Å². The Hall–Kier alpha value is -2.14. The van der Waals surface area contributed by atoms with Gasteiger partial charge in [0.15, 0.2) is 0 Å². The lowest BCUT2D eigenvalue weighted by Gasteiger charge is -2.17. The van der Waals surface area contributed by atoms with Gasteiger partial charge in [-0.1, -0.05) is 34.1 Å². The van der Waals surface area contributed by atoms with Crippen molar-refractivity contribution in [3.8, 4) is 11.5 Å². The Kier molecular flexibility index (Phi) is 4.01. The summed E-state index contributed by atoms with van der Waals surface area (Å²) in [6, 6.07) is 16.3. The number of hydrogen-bond donors (Lipinski definition) is 1. The lowest BCUT2D eigenvalue weighted by Crippen LogP contribution is -2.07. The summed E-state index contributed by atoms with van der Waals surface area (Å²) in [6.07, 6.45) is 1.33. The number of aromatic nitrogens is 2. The van der Waals surface area contributed by atoms with E-state index < -0.39 is 0 Å². The number of nitrogens with zero attached hydrogens (tertiary/aromatic N) is 2. The van der Waals surface area contributed by atoms with Crippen LogP contribution < -0.4 is 5.32 Å². The highest BCUT2D eigenvalue weighted by atomic mass is 79.9. The summed E-state index contributed by atoms with van der Waals surface area (Å²) in [6.45, 7) is 2.13. The highest BCUT2D eigenvalue weighted by Gasteiger charge is 2.09. The van der Waals surface area contributed by atoms with Crippen LogP contribution in [0.5, 0.6) is 0 Å². The van der Waals surface area contributed by atoms with E-state index in [1.807, 2.05) is 42.5 Å². The molecule has 0 aliphatic heterocycles. The smallest absolute Gasteiger partial charge is 0.247 e. The fourth-order valence-corrected chi connectivity index (χ4v) is 2.79. The van der Waals surface area contributed by atoms with E-state index in [1.54, 1.807) is 0 Å². The molecule has 1 atom stereocenters. The van der Waals surface area contributed by atoms with E-state index in [2.05, 4.69) is 44.4 Å². The number of anilines is 1. The Morgan fingerprint density at radius 1 is 1.10 bits per heavy atom. The van der Waals surface area contributed by atoms with Gasteiger partial charge in [-0.2, -0.15) is 0 Å². The van der Waals surface area contributed by atoms with E-state index in [9.17, 15) is 0 Å². The summed E-state index contributed by atoms with van der Waals surface area (Å²) in [7, 11) is 0. The molecule has 1 unspecified atom stereocenters. The van der Waals surface area contributed by atoms with Gasteiger partial charge in [0.25, 0.3) is 0 Å². The number of nitrogens with one attached hydrogen (secondary N) is 1. The molecule has 0 aliphatic carbocycles. The van der Waals surface area contributed by atoms with Crippen molar-refractivity contribution in [3.05, 3.63) is 65.0 Å². The van der Waals surface area contributed by atoms with E-state index >= 15 is 0 Å². The molecule has 1 aromatic heterocycles. The van der Waals surface area contributed by atoms with Gasteiger partial charge in [-0.15, -0.1) is 10.2 Å². The lowest BCUT2D eigenvalue weighted by molar-refractivity contribution is 0.568. The molecule has 3 rings (SSSR count). The second-order valence-electron chi connectivity index (χ2n) is 4.71. The van der Waals surface area contributed by atoms with Crippen molar-refractivity contribution in [2.45, 2.75) is 13.0 Å². The first-order chi connectivity index (χ1) is 10.2. The molecule has 0 spiro atoms. The molecule has 106 valence electrons. The summed E-state index contributed by atoms with van der Waals surface area (Å²) >= 11 is 3.58. The molecule has 5 heteroatoms. The van der Waals surface area contributed by atoms with Crippen molar-refractivity contribution < 1.29 is 4.42 Å². The molecule has 1 N–H and O–H groups in total. The van der Waals surface area contributed by atoms with Crippen molar-refractivity contribution in [1.82, 2.24) is 10.2 Å². The van der Waals surface area contributed by atoms with Crippen molar-refractivity contribution >= 4 is 21.6 Å². The maximum absolute atomic E-state index is 5.18. The van der Waals surface area contributed by atoms with Gasteiger partial charge in [-0.25, -0.2) is 0 Å². The van der Waals surface area contributed by atoms with Crippen molar-refractivity contribution in [2.75, 3.05) is 5.32 Å². The number of hydrogen-bond acceptors (Lipinski definition) is 4. The van der Waals surface area contributed by atoms with Gasteiger partial charge in [-0.3, -0.25) is 0 Å². The molecule has 4 nitrogen and oxygen atoms in total. The van der Waals surface area contributed by atoms with E-state index in [0.717, 1.165) is 15.7 Å². The standard InChI is InChI=1S/C16H14BrN3O/c1-11(14-4-2-3-5-15(14)17)19-13-8-6-12(7-9-13)16-20-18-10-21-16/h2-11,19H,1H3. The van der Waals surface area contributed by atoms with E-state index in [0.29, 0.717) is 5.89 Å². The minimum absolute atomic E-state index is 0.204. The molecule has 0 amide bonds. The molecular formula is C16H14BrN3O. The summed E-state index contributed by atoms with van der Waals surface area (Å²) < 4.78 is 6.28. The van der Waals surface area contributed by atoms with Crippen LogP contribution in [0.2, 0.25) is 0 Å². The first-order valence-corrected chi connectivity index (χ1v) is 7.41. The minimum atomic E-state index is 0.204. The van der Waals surface area contributed by atoms with Gasteiger partial charge in [0.05, 0.1) is 0 Å². The Bertz CT molecular complexity index is 711. The molecule has 0 bridgehead atoms. The van der Waals surface area contributed by atoms with E-state index in [4.69, 9.17) is 4.42 Å². The number of rotatable bonds is 4. The predicted molar refractivity (Wildman–Crippen MR) is 85.9 cm³/mol. The van der Waals surface area contributed by atoms with Crippen LogP contribution in [0.4, 0.5) is 5.69 Å². The van der Waals surface area contributed by atoms with Gasteiger partial charge < -0.3 is 9.73 Å². The van der Waals surface area contributed by atoms with Crippen LogP contribution in [0.3, 0.4) is 0 Å². The van der Waals surface area contributed by atoms with Crippen molar-refractivity contribution in [3.63, 3.8) is 0 Å². The van der Waals surface area contributed by atoms with Crippen LogP contribution in [0.1, 0.15) is 18.5 Å². The molecule has 0 radical (unpaired) electrons. The largest absolute Gasteiger partial charge is 0.423 e. The van der Waals surface area contributed by atoms with Crippen LogP contribution >= 0.6 is 15.9 Å². The highest BCUT2D eigenvalue weighted by Crippen LogP contribution is 2.27. The average Bonchev–Trinajstić information content (AvgIpc) is 3.02. The lowest BCUT2D eigenvalue weighted by atomic mass is 10.1. The monoisotopic (exact) mass is 343 g/mol. The quantitative estimate of drug-likeness (QED) is 0.747. The Morgan fingerprint density at radius 2 is 1.86 bits per heavy atom. The van der Waals surface area contributed by atoms with Crippen LogP contribution in [0, 0.1) is 0 Å². The van der Waals surface area contributed by atoms with Crippen LogP contribution in [0.15, 0.2) is 63.8 Å². The molecule has 21 heavy (non-hydrogen) atoms. The van der Waals surface area contributed by atoms with Crippen molar-refractivity contribution in [1.29, 1.82) is 0 Å². The third-order valence-corrected chi connectivity index (χ3v) is 3.97. The zero-order valence-corrected chi connectivity index (χ0v) is 13.0. The normalized spacial score (nSPS) is 12.1. The molecule has 2 aromatic carbocycles. The second-order valence-corrected chi connectivity index (χ2v) is 5.56. The van der Waals surface area contributed by atoms with Gasteiger partial charge >= 0.3 is 0 Å². The zero-order valence-electron chi connectivity index (χ0n) is 11.5. The third-order valence-electron chi connectivity index (χ3n) is 3.25. The zero-order chi connectivity index (χ0) is 14.7. The molecule has 0 aliphatic rings. The SMILES string of the molecule is CC(Nc1ccc(-c2nnco2)cc1)c1ccccc1Br. The van der Waals surface area contributed by atoms with Crippen molar-refractivity contribution in [2.24, 2.45) is 0 Å². The molecule has 0 fully saturated rings. The number of halogens is 1. The van der Waals surface area contributed by atoms with Crippen LogP contribution in [0.25, 0.3) is 11.5 Å². The number of benzene rings is 2.